The van der Waals surface area contributed by atoms with Gasteiger partial charge in [0.05, 0.1) is 0 Å². The fraction of sp³-hybridized carbons (Fsp3) is 0.400. The molecule has 112 valence electrons. The van der Waals surface area contributed by atoms with Crippen LogP contribution < -0.4 is 10.2 Å². The molecule has 6 nitrogen and oxygen atoms in total. The molecule has 0 aliphatic heterocycles. The normalized spacial score (nSPS) is 12.0. The first-order valence-electron chi connectivity index (χ1n) is 6.93. The quantitative estimate of drug-likeness (QED) is 0.914. The zero-order valence-electron chi connectivity index (χ0n) is 12.8. The molecule has 21 heavy (non-hydrogen) atoms. The predicted octanol–water partition coefficient (Wildman–Crippen LogP) is 2.33. The van der Waals surface area contributed by atoms with Crippen LogP contribution in [-0.4, -0.2) is 36.2 Å². The van der Waals surface area contributed by atoms with Crippen molar-refractivity contribution in [2.24, 2.45) is 0 Å². The van der Waals surface area contributed by atoms with E-state index in [1.807, 2.05) is 57.1 Å². The number of aromatic nitrogens is 2. The van der Waals surface area contributed by atoms with Crippen molar-refractivity contribution in [1.82, 2.24) is 15.5 Å². The first kappa shape index (κ1) is 15.0. The summed E-state index contributed by atoms with van der Waals surface area (Å²) in [7, 11) is 3.95. The van der Waals surface area contributed by atoms with Gasteiger partial charge in [-0.2, -0.15) is 4.98 Å². The van der Waals surface area contributed by atoms with Gasteiger partial charge in [-0.25, -0.2) is 0 Å². The number of hydrogen-bond donors (Lipinski definition) is 1. The van der Waals surface area contributed by atoms with Crippen LogP contribution >= 0.6 is 0 Å². The monoisotopic (exact) mass is 288 g/mol. The summed E-state index contributed by atoms with van der Waals surface area (Å²) >= 11 is 0. The third-order valence-electron chi connectivity index (χ3n) is 3.25. The zero-order valence-corrected chi connectivity index (χ0v) is 12.8. The molecule has 0 fully saturated rings. The lowest BCUT2D eigenvalue weighted by Gasteiger charge is -2.11. The second-order valence-electron chi connectivity index (χ2n) is 5.15. The molecule has 0 saturated heterocycles. The van der Waals surface area contributed by atoms with E-state index in [0.29, 0.717) is 5.82 Å². The van der Waals surface area contributed by atoms with E-state index in [0.717, 1.165) is 17.7 Å². The standard InChI is InChI=1S/C15H20N4O2/c1-5-10(2)16-14(20)15-17-13(18-21-15)11-6-8-12(9-7-11)19(3)4/h6-10H,5H2,1-4H3,(H,16,20)/t10-/m0/s1. The minimum absolute atomic E-state index is 0.0120. The van der Waals surface area contributed by atoms with Gasteiger partial charge in [-0.3, -0.25) is 4.79 Å². The Kier molecular flexibility index (Phi) is 4.57. The Bertz CT molecular complexity index is 604. The van der Waals surface area contributed by atoms with Crippen molar-refractivity contribution >= 4 is 11.6 Å². The summed E-state index contributed by atoms with van der Waals surface area (Å²) in [5.74, 6) is 0.0598. The maximum atomic E-state index is 11.9. The Hall–Kier alpha value is -2.37. The number of nitrogens with one attached hydrogen (secondary N) is 1. The van der Waals surface area contributed by atoms with Crippen LogP contribution in [-0.2, 0) is 0 Å². The van der Waals surface area contributed by atoms with Gasteiger partial charge in [-0.15, -0.1) is 0 Å². The van der Waals surface area contributed by atoms with E-state index in [1.165, 1.54) is 0 Å². The average Bonchev–Trinajstić information content (AvgIpc) is 2.97. The molecule has 0 aliphatic rings. The topological polar surface area (TPSA) is 71.3 Å². The highest BCUT2D eigenvalue weighted by molar-refractivity contribution is 5.90. The van der Waals surface area contributed by atoms with E-state index >= 15 is 0 Å². The van der Waals surface area contributed by atoms with Gasteiger partial charge < -0.3 is 14.7 Å². The zero-order chi connectivity index (χ0) is 15.4. The fourth-order valence-electron chi connectivity index (χ4n) is 1.73. The molecule has 1 atom stereocenters. The summed E-state index contributed by atoms with van der Waals surface area (Å²) in [6.45, 7) is 3.92. The third-order valence-corrected chi connectivity index (χ3v) is 3.25. The predicted molar refractivity (Wildman–Crippen MR) is 81.3 cm³/mol. The first-order chi connectivity index (χ1) is 10.0. The molecule has 1 N–H and O–H groups in total. The van der Waals surface area contributed by atoms with E-state index in [9.17, 15) is 4.79 Å². The largest absolute Gasteiger partial charge is 0.378 e. The van der Waals surface area contributed by atoms with E-state index < -0.39 is 0 Å². The number of nitrogens with zero attached hydrogens (tertiary/aromatic N) is 3. The molecule has 0 unspecified atom stereocenters. The Morgan fingerprint density at radius 3 is 2.57 bits per heavy atom. The molecule has 1 aromatic carbocycles. The SMILES string of the molecule is CC[C@H](C)NC(=O)c1nc(-c2ccc(N(C)C)cc2)no1. The Balaban J connectivity index is 2.14. The van der Waals surface area contributed by atoms with E-state index in [1.54, 1.807) is 0 Å². The lowest BCUT2D eigenvalue weighted by Crippen LogP contribution is -2.32. The molecule has 2 rings (SSSR count). The molecular formula is C15H20N4O2. The van der Waals surface area contributed by atoms with Crippen LogP contribution in [0.15, 0.2) is 28.8 Å². The van der Waals surface area contributed by atoms with Crippen molar-refractivity contribution in [2.75, 3.05) is 19.0 Å². The van der Waals surface area contributed by atoms with Crippen molar-refractivity contribution in [3.8, 4) is 11.4 Å². The summed E-state index contributed by atoms with van der Waals surface area (Å²) in [6, 6.07) is 7.80. The van der Waals surface area contributed by atoms with Crippen LogP contribution in [0.2, 0.25) is 0 Å². The van der Waals surface area contributed by atoms with Gasteiger partial charge in [-0.1, -0.05) is 12.1 Å². The molecule has 1 heterocycles. The number of amides is 1. The van der Waals surface area contributed by atoms with E-state index in [2.05, 4.69) is 15.5 Å². The summed E-state index contributed by atoms with van der Waals surface area (Å²) in [4.78, 5) is 18.0. The average molecular weight is 288 g/mol. The number of benzene rings is 1. The smallest absolute Gasteiger partial charge is 0.316 e. The maximum absolute atomic E-state index is 11.9. The van der Waals surface area contributed by atoms with Crippen molar-refractivity contribution < 1.29 is 9.32 Å². The molecular weight excluding hydrogens is 268 g/mol. The second kappa shape index (κ2) is 6.39. The number of rotatable bonds is 5. The van der Waals surface area contributed by atoms with Crippen LogP contribution in [0.4, 0.5) is 5.69 Å². The van der Waals surface area contributed by atoms with Gasteiger partial charge in [0.1, 0.15) is 0 Å². The number of carbonyl (C=O) groups is 1. The van der Waals surface area contributed by atoms with Crippen molar-refractivity contribution in [1.29, 1.82) is 0 Å². The Morgan fingerprint density at radius 1 is 1.33 bits per heavy atom. The number of carbonyl (C=O) groups excluding carboxylic acids is 1. The fourth-order valence-corrected chi connectivity index (χ4v) is 1.73. The first-order valence-corrected chi connectivity index (χ1v) is 6.93. The minimum atomic E-state index is -0.340. The van der Waals surface area contributed by atoms with Crippen LogP contribution in [0.25, 0.3) is 11.4 Å². The van der Waals surface area contributed by atoms with Crippen LogP contribution in [0.1, 0.15) is 31.0 Å². The molecule has 0 aliphatic carbocycles. The third kappa shape index (κ3) is 3.59. The van der Waals surface area contributed by atoms with Gasteiger partial charge >= 0.3 is 11.8 Å². The van der Waals surface area contributed by atoms with Gasteiger partial charge in [0.15, 0.2) is 0 Å². The van der Waals surface area contributed by atoms with Crippen molar-refractivity contribution in [3.63, 3.8) is 0 Å². The van der Waals surface area contributed by atoms with E-state index in [4.69, 9.17) is 4.52 Å². The van der Waals surface area contributed by atoms with Crippen LogP contribution in [0.3, 0.4) is 0 Å². The lowest BCUT2D eigenvalue weighted by atomic mass is 10.2. The highest BCUT2D eigenvalue weighted by atomic mass is 16.5. The second-order valence-corrected chi connectivity index (χ2v) is 5.15. The Labute approximate surface area is 124 Å². The number of anilines is 1. The van der Waals surface area contributed by atoms with Gasteiger partial charge in [-0.05, 0) is 37.6 Å². The molecule has 0 spiro atoms. The molecule has 0 saturated carbocycles. The Morgan fingerprint density at radius 2 is 2.00 bits per heavy atom. The van der Waals surface area contributed by atoms with Crippen molar-refractivity contribution in [3.05, 3.63) is 30.2 Å². The van der Waals surface area contributed by atoms with E-state index in [-0.39, 0.29) is 17.8 Å². The van der Waals surface area contributed by atoms with Crippen LogP contribution in [0, 0.1) is 0 Å². The summed E-state index contributed by atoms with van der Waals surface area (Å²) < 4.78 is 5.02. The lowest BCUT2D eigenvalue weighted by molar-refractivity contribution is 0.0895. The molecule has 2 aromatic rings. The summed E-state index contributed by atoms with van der Waals surface area (Å²) in [5.41, 5.74) is 1.89. The summed E-state index contributed by atoms with van der Waals surface area (Å²) in [5, 5.41) is 6.65. The maximum Gasteiger partial charge on any atom is 0.316 e. The van der Waals surface area contributed by atoms with Crippen molar-refractivity contribution in [2.45, 2.75) is 26.3 Å². The molecule has 6 heteroatoms. The van der Waals surface area contributed by atoms with Crippen LogP contribution in [0.5, 0.6) is 0 Å². The molecule has 1 aromatic heterocycles. The molecule has 1 amide bonds. The highest BCUT2D eigenvalue weighted by Crippen LogP contribution is 2.19. The van der Waals surface area contributed by atoms with Gasteiger partial charge in [0, 0.05) is 31.4 Å². The van der Waals surface area contributed by atoms with Gasteiger partial charge in [0.2, 0.25) is 5.82 Å². The molecule has 0 radical (unpaired) electrons. The minimum Gasteiger partial charge on any atom is -0.378 e. The molecule has 0 bridgehead atoms. The highest BCUT2D eigenvalue weighted by Gasteiger charge is 2.17. The summed E-state index contributed by atoms with van der Waals surface area (Å²) in [6.07, 6.45) is 0.846. The van der Waals surface area contributed by atoms with Gasteiger partial charge in [0.25, 0.3) is 0 Å². The number of hydrogen-bond acceptors (Lipinski definition) is 5.